The number of thiazole rings is 1. The number of nitrogens with one attached hydrogen (secondary N) is 2. The predicted molar refractivity (Wildman–Crippen MR) is 92.3 cm³/mol. The van der Waals surface area contributed by atoms with E-state index in [1.165, 1.54) is 11.3 Å². The molecule has 1 aliphatic carbocycles. The zero-order chi connectivity index (χ0) is 15.5. The second-order valence-corrected chi connectivity index (χ2v) is 6.70. The quantitative estimate of drug-likeness (QED) is 0.801. The third kappa shape index (κ3) is 3.42. The van der Waals surface area contributed by atoms with Crippen LogP contribution in [0.1, 0.15) is 47.5 Å². The van der Waals surface area contributed by atoms with Gasteiger partial charge in [-0.3, -0.25) is 4.79 Å². The summed E-state index contributed by atoms with van der Waals surface area (Å²) in [7, 11) is 0. The molecule has 0 atom stereocenters. The summed E-state index contributed by atoms with van der Waals surface area (Å²) in [5, 5.41) is 6.88. The molecule has 0 radical (unpaired) electrons. The lowest BCUT2D eigenvalue weighted by Gasteiger charge is -2.13. The van der Waals surface area contributed by atoms with Crippen LogP contribution in [0.4, 0.5) is 11.4 Å². The molecule has 1 aromatic heterocycles. The standard InChI is InChI=1S/C16H18ClN3OS/c1-2-7-18-12-6-5-11(17)8-13(12)20-16(21)15-14(10-3-4-10)19-9-22-15/h5-6,8-10,18H,2-4,7H2,1H3,(H,20,21). The summed E-state index contributed by atoms with van der Waals surface area (Å²) in [6, 6.07) is 5.48. The zero-order valence-corrected chi connectivity index (χ0v) is 13.9. The lowest BCUT2D eigenvalue weighted by Crippen LogP contribution is -2.14. The van der Waals surface area contributed by atoms with E-state index in [1.807, 2.05) is 12.1 Å². The van der Waals surface area contributed by atoms with Crippen molar-refractivity contribution in [3.05, 3.63) is 39.3 Å². The largest absolute Gasteiger partial charge is 0.383 e. The minimum atomic E-state index is -0.105. The van der Waals surface area contributed by atoms with E-state index in [2.05, 4.69) is 22.5 Å². The Bertz CT molecular complexity index is 682. The highest BCUT2D eigenvalue weighted by Gasteiger charge is 2.30. The summed E-state index contributed by atoms with van der Waals surface area (Å²) in [6.07, 6.45) is 3.27. The van der Waals surface area contributed by atoms with Gasteiger partial charge in [-0.2, -0.15) is 0 Å². The van der Waals surface area contributed by atoms with Gasteiger partial charge in [0.05, 0.1) is 22.6 Å². The highest BCUT2D eigenvalue weighted by Crippen LogP contribution is 2.42. The number of carbonyl (C=O) groups excluding carboxylic acids is 1. The Labute approximate surface area is 138 Å². The van der Waals surface area contributed by atoms with Gasteiger partial charge in [0.2, 0.25) is 0 Å². The number of carbonyl (C=O) groups is 1. The molecule has 0 aliphatic heterocycles. The van der Waals surface area contributed by atoms with Gasteiger partial charge in [0.15, 0.2) is 0 Å². The van der Waals surface area contributed by atoms with Crippen molar-refractivity contribution in [1.29, 1.82) is 0 Å². The number of anilines is 2. The molecular formula is C16H18ClN3OS. The van der Waals surface area contributed by atoms with Crippen molar-refractivity contribution in [2.75, 3.05) is 17.2 Å². The molecule has 1 fully saturated rings. The molecule has 116 valence electrons. The summed E-state index contributed by atoms with van der Waals surface area (Å²) < 4.78 is 0. The monoisotopic (exact) mass is 335 g/mol. The fraction of sp³-hybridized carbons (Fsp3) is 0.375. The van der Waals surface area contributed by atoms with E-state index in [9.17, 15) is 4.79 Å². The van der Waals surface area contributed by atoms with Gasteiger partial charge in [-0.05, 0) is 37.5 Å². The summed E-state index contributed by atoms with van der Waals surface area (Å²) >= 11 is 7.46. The van der Waals surface area contributed by atoms with Crippen LogP contribution in [0.3, 0.4) is 0 Å². The van der Waals surface area contributed by atoms with Crippen LogP contribution in [-0.4, -0.2) is 17.4 Å². The zero-order valence-electron chi connectivity index (χ0n) is 12.4. The van der Waals surface area contributed by atoms with E-state index in [-0.39, 0.29) is 5.91 Å². The Morgan fingerprint density at radius 3 is 2.95 bits per heavy atom. The Balaban J connectivity index is 1.80. The summed E-state index contributed by atoms with van der Waals surface area (Å²) in [4.78, 5) is 17.6. The van der Waals surface area contributed by atoms with Crippen LogP contribution in [-0.2, 0) is 0 Å². The maximum absolute atomic E-state index is 12.6. The highest BCUT2D eigenvalue weighted by molar-refractivity contribution is 7.12. The fourth-order valence-corrected chi connectivity index (χ4v) is 3.23. The topological polar surface area (TPSA) is 54.0 Å². The number of nitrogens with zero attached hydrogens (tertiary/aromatic N) is 1. The molecule has 0 bridgehead atoms. The molecule has 0 unspecified atom stereocenters. The molecule has 1 aliphatic rings. The number of benzene rings is 1. The predicted octanol–water partition coefficient (Wildman–Crippen LogP) is 4.75. The van der Waals surface area contributed by atoms with E-state index in [0.717, 1.165) is 37.2 Å². The molecule has 2 aromatic rings. The highest BCUT2D eigenvalue weighted by atomic mass is 35.5. The first-order chi connectivity index (χ1) is 10.7. The molecule has 3 rings (SSSR count). The number of halogens is 1. The Kier molecular flexibility index (Phi) is 4.64. The molecule has 0 spiro atoms. The first-order valence-electron chi connectivity index (χ1n) is 7.47. The SMILES string of the molecule is CCCNc1ccc(Cl)cc1NC(=O)c1scnc1C1CC1. The molecule has 1 saturated carbocycles. The molecule has 6 heteroatoms. The van der Waals surface area contributed by atoms with Crippen LogP contribution >= 0.6 is 22.9 Å². The minimum absolute atomic E-state index is 0.105. The van der Waals surface area contributed by atoms with Crippen LogP contribution in [0, 0.1) is 0 Å². The Hall–Kier alpha value is -1.59. The lowest BCUT2D eigenvalue weighted by molar-refractivity contribution is 0.102. The van der Waals surface area contributed by atoms with Gasteiger partial charge in [0.25, 0.3) is 5.91 Å². The normalized spacial score (nSPS) is 13.9. The average molecular weight is 336 g/mol. The maximum Gasteiger partial charge on any atom is 0.267 e. The van der Waals surface area contributed by atoms with Crippen molar-refractivity contribution in [3.8, 4) is 0 Å². The second kappa shape index (κ2) is 6.67. The van der Waals surface area contributed by atoms with E-state index in [0.29, 0.717) is 21.5 Å². The number of rotatable bonds is 6. The maximum atomic E-state index is 12.6. The number of amides is 1. The molecule has 2 N–H and O–H groups in total. The molecule has 1 heterocycles. The molecule has 22 heavy (non-hydrogen) atoms. The van der Waals surface area contributed by atoms with Gasteiger partial charge in [0, 0.05) is 17.5 Å². The van der Waals surface area contributed by atoms with Gasteiger partial charge in [0.1, 0.15) is 4.88 Å². The third-order valence-electron chi connectivity index (χ3n) is 3.56. The van der Waals surface area contributed by atoms with Crippen LogP contribution in [0.2, 0.25) is 5.02 Å². The van der Waals surface area contributed by atoms with Crippen LogP contribution in [0.15, 0.2) is 23.7 Å². The second-order valence-electron chi connectivity index (χ2n) is 5.41. The summed E-state index contributed by atoms with van der Waals surface area (Å²) in [6.45, 7) is 2.94. The van der Waals surface area contributed by atoms with Gasteiger partial charge < -0.3 is 10.6 Å². The number of hydrogen-bond acceptors (Lipinski definition) is 4. The smallest absolute Gasteiger partial charge is 0.267 e. The third-order valence-corrected chi connectivity index (χ3v) is 4.64. The van der Waals surface area contributed by atoms with Crippen LogP contribution in [0.25, 0.3) is 0 Å². The number of hydrogen-bond donors (Lipinski definition) is 2. The first kappa shape index (κ1) is 15.3. The van der Waals surface area contributed by atoms with E-state index in [1.54, 1.807) is 11.6 Å². The van der Waals surface area contributed by atoms with Gasteiger partial charge >= 0.3 is 0 Å². The Morgan fingerprint density at radius 1 is 1.41 bits per heavy atom. The average Bonchev–Trinajstić information content (AvgIpc) is 3.23. The van der Waals surface area contributed by atoms with E-state index < -0.39 is 0 Å². The van der Waals surface area contributed by atoms with Crippen molar-refractivity contribution in [2.45, 2.75) is 32.1 Å². The van der Waals surface area contributed by atoms with Crippen LogP contribution < -0.4 is 10.6 Å². The molecule has 0 saturated heterocycles. The van der Waals surface area contributed by atoms with Crippen LogP contribution in [0.5, 0.6) is 0 Å². The van der Waals surface area contributed by atoms with Crippen molar-refractivity contribution in [3.63, 3.8) is 0 Å². The molecule has 4 nitrogen and oxygen atoms in total. The summed E-state index contributed by atoms with van der Waals surface area (Å²) in [5.74, 6) is 0.357. The van der Waals surface area contributed by atoms with Gasteiger partial charge in [-0.15, -0.1) is 11.3 Å². The van der Waals surface area contributed by atoms with Gasteiger partial charge in [-0.25, -0.2) is 4.98 Å². The molecular weight excluding hydrogens is 318 g/mol. The van der Waals surface area contributed by atoms with Crippen molar-refractivity contribution in [2.24, 2.45) is 0 Å². The van der Waals surface area contributed by atoms with E-state index >= 15 is 0 Å². The summed E-state index contributed by atoms with van der Waals surface area (Å²) in [5.41, 5.74) is 4.28. The van der Waals surface area contributed by atoms with Crippen molar-refractivity contribution < 1.29 is 4.79 Å². The first-order valence-corrected chi connectivity index (χ1v) is 8.73. The van der Waals surface area contributed by atoms with Crippen molar-refractivity contribution >= 4 is 40.2 Å². The van der Waals surface area contributed by atoms with E-state index in [4.69, 9.17) is 11.6 Å². The lowest BCUT2D eigenvalue weighted by atomic mass is 10.2. The Morgan fingerprint density at radius 2 is 2.23 bits per heavy atom. The molecule has 1 amide bonds. The van der Waals surface area contributed by atoms with Gasteiger partial charge in [-0.1, -0.05) is 18.5 Å². The molecule has 1 aromatic carbocycles. The van der Waals surface area contributed by atoms with Crippen molar-refractivity contribution in [1.82, 2.24) is 4.98 Å². The number of aromatic nitrogens is 1. The minimum Gasteiger partial charge on any atom is -0.383 e. The fourth-order valence-electron chi connectivity index (χ4n) is 2.29.